The summed E-state index contributed by atoms with van der Waals surface area (Å²) < 4.78 is 0. The lowest BCUT2D eigenvalue weighted by atomic mass is 9.91. The number of rotatable bonds is 5. The van der Waals surface area contributed by atoms with Crippen LogP contribution in [0.4, 0.5) is 5.82 Å². The molecule has 17 heavy (non-hydrogen) atoms. The number of hydrogen-bond donors (Lipinski definition) is 0. The van der Waals surface area contributed by atoms with Crippen LogP contribution in [-0.2, 0) is 0 Å². The van der Waals surface area contributed by atoms with Crippen molar-refractivity contribution in [2.24, 2.45) is 0 Å². The molecule has 1 aliphatic rings. The SMILES string of the molecule is Cc1cnc(C)c(N(CCCCl)C2CCC2)n1. The van der Waals surface area contributed by atoms with Gasteiger partial charge in [0.05, 0.1) is 11.4 Å². The molecule has 0 radical (unpaired) electrons. The monoisotopic (exact) mass is 253 g/mol. The molecule has 1 aliphatic carbocycles. The van der Waals surface area contributed by atoms with Crippen LogP contribution in [-0.4, -0.2) is 28.4 Å². The summed E-state index contributed by atoms with van der Waals surface area (Å²) in [5, 5.41) is 0. The normalized spacial score (nSPS) is 15.7. The zero-order valence-corrected chi connectivity index (χ0v) is 11.4. The minimum atomic E-state index is 0.646. The zero-order chi connectivity index (χ0) is 12.3. The molecule has 94 valence electrons. The summed E-state index contributed by atoms with van der Waals surface area (Å²) in [4.78, 5) is 11.5. The van der Waals surface area contributed by atoms with Crippen LogP contribution in [0.1, 0.15) is 37.1 Å². The number of aryl methyl sites for hydroxylation is 2. The van der Waals surface area contributed by atoms with Crippen molar-refractivity contribution in [3.63, 3.8) is 0 Å². The first kappa shape index (κ1) is 12.6. The Morgan fingerprint density at radius 2 is 2.18 bits per heavy atom. The lowest BCUT2D eigenvalue weighted by molar-refractivity contribution is 0.383. The smallest absolute Gasteiger partial charge is 0.150 e. The fourth-order valence-electron chi connectivity index (χ4n) is 2.19. The van der Waals surface area contributed by atoms with E-state index in [2.05, 4.69) is 14.9 Å². The first-order chi connectivity index (χ1) is 8.22. The van der Waals surface area contributed by atoms with Crippen LogP contribution in [0.15, 0.2) is 6.20 Å². The number of nitrogens with zero attached hydrogens (tertiary/aromatic N) is 3. The van der Waals surface area contributed by atoms with E-state index >= 15 is 0 Å². The van der Waals surface area contributed by atoms with Gasteiger partial charge in [-0.25, -0.2) is 4.98 Å². The number of alkyl halides is 1. The minimum Gasteiger partial charge on any atom is -0.352 e. The van der Waals surface area contributed by atoms with Gasteiger partial charge in [-0.2, -0.15) is 0 Å². The minimum absolute atomic E-state index is 0.646. The van der Waals surface area contributed by atoms with Gasteiger partial charge in [0, 0.05) is 24.7 Å². The van der Waals surface area contributed by atoms with Crippen molar-refractivity contribution >= 4 is 17.4 Å². The molecular weight excluding hydrogens is 234 g/mol. The average Bonchev–Trinajstić information content (AvgIpc) is 2.25. The van der Waals surface area contributed by atoms with Crippen LogP contribution in [0.25, 0.3) is 0 Å². The predicted molar refractivity (Wildman–Crippen MR) is 71.8 cm³/mol. The van der Waals surface area contributed by atoms with Crippen LogP contribution < -0.4 is 4.90 Å². The number of halogens is 1. The molecular formula is C13H20ClN3. The summed E-state index contributed by atoms with van der Waals surface area (Å²) in [7, 11) is 0. The molecule has 4 heteroatoms. The number of hydrogen-bond acceptors (Lipinski definition) is 3. The van der Waals surface area contributed by atoms with E-state index in [0.29, 0.717) is 11.9 Å². The molecule has 1 fully saturated rings. The molecule has 1 aromatic heterocycles. The topological polar surface area (TPSA) is 29.0 Å². The second-order valence-electron chi connectivity index (χ2n) is 4.74. The molecule has 0 unspecified atom stereocenters. The van der Waals surface area contributed by atoms with Crippen molar-refractivity contribution < 1.29 is 0 Å². The van der Waals surface area contributed by atoms with Gasteiger partial charge in [-0.05, 0) is 39.5 Å². The lowest BCUT2D eigenvalue weighted by Gasteiger charge is -2.39. The highest BCUT2D eigenvalue weighted by Crippen LogP contribution is 2.29. The predicted octanol–water partition coefficient (Wildman–Crippen LogP) is 3.08. The molecule has 0 aliphatic heterocycles. The lowest BCUT2D eigenvalue weighted by Crippen LogP contribution is -2.42. The third kappa shape index (κ3) is 2.89. The van der Waals surface area contributed by atoms with E-state index in [-0.39, 0.29) is 0 Å². The third-order valence-electron chi connectivity index (χ3n) is 3.37. The van der Waals surface area contributed by atoms with Crippen LogP contribution in [0, 0.1) is 13.8 Å². The van der Waals surface area contributed by atoms with E-state index in [9.17, 15) is 0 Å². The van der Waals surface area contributed by atoms with E-state index < -0.39 is 0 Å². The van der Waals surface area contributed by atoms with Crippen molar-refractivity contribution in [1.82, 2.24) is 9.97 Å². The molecule has 0 N–H and O–H groups in total. The van der Waals surface area contributed by atoms with Gasteiger partial charge in [-0.1, -0.05) is 0 Å². The maximum Gasteiger partial charge on any atom is 0.150 e. The number of aromatic nitrogens is 2. The zero-order valence-electron chi connectivity index (χ0n) is 10.6. The average molecular weight is 254 g/mol. The summed E-state index contributed by atoms with van der Waals surface area (Å²) in [5.41, 5.74) is 2.01. The van der Waals surface area contributed by atoms with Crippen molar-refractivity contribution in [2.45, 2.75) is 45.6 Å². The Morgan fingerprint density at radius 3 is 2.76 bits per heavy atom. The summed E-state index contributed by atoms with van der Waals surface area (Å²) >= 11 is 5.81. The molecule has 0 atom stereocenters. The largest absolute Gasteiger partial charge is 0.352 e. The second kappa shape index (κ2) is 5.67. The van der Waals surface area contributed by atoms with Crippen molar-refractivity contribution in [3.8, 4) is 0 Å². The van der Waals surface area contributed by atoms with Crippen LogP contribution >= 0.6 is 11.6 Å². The van der Waals surface area contributed by atoms with Crippen molar-refractivity contribution in [1.29, 1.82) is 0 Å². The fraction of sp³-hybridized carbons (Fsp3) is 0.692. The molecule has 1 aromatic rings. The summed E-state index contributed by atoms with van der Waals surface area (Å²) in [6, 6.07) is 0.646. The van der Waals surface area contributed by atoms with Gasteiger partial charge in [0.25, 0.3) is 0 Å². The molecule has 0 bridgehead atoms. The van der Waals surface area contributed by atoms with Gasteiger partial charge in [0.15, 0.2) is 5.82 Å². The highest BCUT2D eigenvalue weighted by molar-refractivity contribution is 6.17. The van der Waals surface area contributed by atoms with Crippen LogP contribution in [0.5, 0.6) is 0 Å². The maximum absolute atomic E-state index is 5.81. The summed E-state index contributed by atoms with van der Waals surface area (Å²) in [5.74, 6) is 1.77. The fourth-order valence-corrected chi connectivity index (χ4v) is 2.31. The molecule has 2 rings (SSSR count). The Hall–Kier alpha value is -0.830. The molecule has 0 aromatic carbocycles. The molecule has 1 heterocycles. The van der Waals surface area contributed by atoms with Gasteiger partial charge >= 0.3 is 0 Å². The summed E-state index contributed by atoms with van der Waals surface area (Å²) in [6.07, 6.45) is 6.72. The molecule has 0 saturated heterocycles. The number of anilines is 1. The van der Waals surface area contributed by atoms with Gasteiger partial charge in [-0.3, -0.25) is 4.98 Å². The van der Waals surface area contributed by atoms with E-state index in [1.54, 1.807) is 0 Å². The molecule has 3 nitrogen and oxygen atoms in total. The highest BCUT2D eigenvalue weighted by atomic mass is 35.5. The Labute approximate surface area is 108 Å². The van der Waals surface area contributed by atoms with Gasteiger partial charge in [0.2, 0.25) is 0 Å². The Balaban J connectivity index is 2.20. The Morgan fingerprint density at radius 1 is 1.41 bits per heavy atom. The van der Waals surface area contributed by atoms with Gasteiger partial charge < -0.3 is 4.90 Å². The first-order valence-electron chi connectivity index (χ1n) is 6.35. The van der Waals surface area contributed by atoms with E-state index in [1.807, 2.05) is 20.0 Å². The Kier molecular flexibility index (Phi) is 4.21. The standard InChI is InChI=1S/C13H20ClN3/c1-10-9-15-11(2)13(16-10)17(8-4-7-14)12-5-3-6-12/h9,12H,3-8H2,1-2H3. The van der Waals surface area contributed by atoms with Crippen molar-refractivity contribution in [2.75, 3.05) is 17.3 Å². The van der Waals surface area contributed by atoms with Gasteiger partial charge in [-0.15, -0.1) is 11.6 Å². The molecule has 0 amide bonds. The quantitative estimate of drug-likeness (QED) is 0.756. The van der Waals surface area contributed by atoms with E-state index in [0.717, 1.165) is 30.2 Å². The van der Waals surface area contributed by atoms with Crippen LogP contribution in [0.2, 0.25) is 0 Å². The van der Waals surface area contributed by atoms with Crippen molar-refractivity contribution in [3.05, 3.63) is 17.6 Å². The second-order valence-corrected chi connectivity index (χ2v) is 5.12. The van der Waals surface area contributed by atoms with Gasteiger partial charge in [0.1, 0.15) is 0 Å². The highest BCUT2D eigenvalue weighted by Gasteiger charge is 2.26. The Bertz CT molecular complexity index is 377. The first-order valence-corrected chi connectivity index (χ1v) is 6.88. The molecule has 1 saturated carbocycles. The van der Waals surface area contributed by atoms with Crippen LogP contribution in [0.3, 0.4) is 0 Å². The van der Waals surface area contributed by atoms with E-state index in [4.69, 9.17) is 11.6 Å². The summed E-state index contributed by atoms with van der Waals surface area (Å²) in [6.45, 7) is 5.03. The maximum atomic E-state index is 5.81. The molecule has 0 spiro atoms. The van der Waals surface area contributed by atoms with E-state index in [1.165, 1.54) is 19.3 Å². The third-order valence-corrected chi connectivity index (χ3v) is 3.64.